The first-order valence-electron chi connectivity index (χ1n) is 20.9. The molecule has 2 saturated heterocycles. The number of anilines is 4. The highest BCUT2D eigenvalue weighted by atomic mass is 19.3. The molecule has 0 radical (unpaired) electrons. The standard InChI is InChI=1S/2C22H25F2N5O4/c2*1-22(13-32-21(23)24)11-14-9-16(17(10-18(14)33-22)29-5-7-31-8-6-29)28-20(30)15(12-25)19-26-3-2-4-27-19/h2*2-4,9-10,12,21H,5-8,11,13,25H2,1H3,(H,28,30)/t2*22-/m10/s1. The molecule has 6 N–H and O–H groups in total. The van der Waals surface area contributed by atoms with Crippen molar-refractivity contribution in [2.45, 2.75) is 51.1 Å². The molecule has 4 aromatic rings. The van der Waals surface area contributed by atoms with E-state index in [0.29, 0.717) is 88.3 Å². The molecule has 8 rings (SSSR count). The first-order chi connectivity index (χ1) is 31.8. The number of carbonyl (C=O) groups excluding carboxylic acids is 2. The van der Waals surface area contributed by atoms with Crippen molar-refractivity contribution in [2.75, 3.05) is 86.3 Å². The van der Waals surface area contributed by atoms with E-state index in [-0.39, 0.29) is 36.0 Å². The Morgan fingerprint density at radius 3 is 1.36 bits per heavy atom. The third-order valence-corrected chi connectivity index (χ3v) is 10.9. The van der Waals surface area contributed by atoms with Crippen LogP contribution >= 0.6 is 0 Å². The summed E-state index contributed by atoms with van der Waals surface area (Å²) in [5.41, 5.74) is 13.9. The molecular formula is C44H50F4N10O8. The maximum Gasteiger partial charge on any atom is 0.345 e. The minimum absolute atomic E-state index is 0.121. The van der Waals surface area contributed by atoms with Crippen molar-refractivity contribution in [3.8, 4) is 11.5 Å². The summed E-state index contributed by atoms with van der Waals surface area (Å²) in [6, 6.07) is 10.5. The number of nitrogens with two attached hydrogens (primary N) is 2. The lowest BCUT2D eigenvalue weighted by Gasteiger charge is -2.31. The minimum atomic E-state index is -2.88. The smallest absolute Gasteiger partial charge is 0.345 e. The number of morpholine rings is 2. The average molecular weight is 923 g/mol. The van der Waals surface area contributed by atoms with E-state index in [2.05, 4.69) is 49.8 Å². The summed E-state index contributed by atoms with van der Waals surface area (Å²) in [7, 11) is 0. The Morgan fingerprint density at radius 2 is 1.03 bits per heavy atom. The van der Waals surface area contributed by atoms with E-state index in [1.54, 1.807) is 38.1 Å². The van der Waals surface area contributed by atoms with Gasteiger partial charge in [0.15, 0.2) is 11.6 Å². The number of rotatable bonds is 14. The van der Waals surface area contributed by atoms with Gasteiger partial charge >= 0.3 is 13.2 Å². The number of hydrogen-bond acceptors (Lipinski definition) is 16. The third kappa shape index (κ3) is 11.6. The van der Waals surface area contributed by atoms with Crippen LogP contribution < -0.4 is 41.4 Å². The van der Waals surface area contributed by atoms with Crippen LogP contribution in [0.3, 0.4) is 0 Å². The molecule has 22 heteroatoms. The number of aromatic nitrogens is 4. The lowest BCUT2D eigenvalue weighted by Crippen LogP contribution is -2.37. The molecular weight excluding hydrogens is 873 g/mol. The van der Waals surface area contributed by atoms with Crippen molar-refractivity contribution < 1.29 is 55.6 Å². The zero-order valence-corrected chi connectivity index (χ0v) is 36.2. The molecule has 352 valence electrons. The van der Waals surface area contributed by atoms with Gasteiger partial charge in [0, 0.05) is 99.5 Å². The van der Waals surface area contributed by atoms with Crippen molar-refractivity contribution in [3.05, 3.63) is 96.4 Å². The molecule has 2 aromatic carbocycles. The monoisotopic (exact) mass is 922 g/mol. The Morgan fingerprint density at radius 1 is 0.667 bits per heavy atom. The second-order valence-electron chi connectivity index (χ2n) is 16.0. The Hall–Kier alpha value is -6.62. The van der Waals surface area contributed by atoms with Crippen molar-refractivity contribution >= 4 is 45.7 Å². The van der Waals surface area contributed by atoms with Crippen LogP contribution in [0.4, 0.5) is 40.3 Å². The van der Waals surface area contributed by atoms with E-state index in [1.807, 2.05) is 12.1 Å². The summed E-state index contributed by atoms with van der Waals surface area (Å²) >= 11 is 0. The maximum atomic E-state index is 13.1. The van der Waals surface area contributed by atoms with Gasteiger partial charge in [0.05, 0.1) is 73.5 Å². The number of hydrogen-bond donors (Lipinski definition) is 4. The van der Waals surface area contributed by atoms with Crippen LogP contribution in [0, 0.1) is 0 Å². The molecule has 2 fully saturated rings. The first kappa shape index (κ1) is 47.3. The molecule has 0 saturated carbocycles. The van der Waals surface area contributed by atoms with Gasteiger partial charge in [-0.15, -0.1) is 0 Å². The number of amides is 2. The number of halogens is 4. The van der Waals surface area contributed by atoms with Gasteiger partial charge in [0.2, 0.25) is 0 Å². The molecule has 4 aliphatic rings. The fraction of sp³-hybridized carbons (Fsp3) is 0.409. The van der Waals surface area contributed by atoms with Crippen LogP contribution in [-0.2, 0) is 41.4 Å². The molecule has 0 aliphatic carbocycles. The van der Waals surface area contributed by atoms with E-state index >= 15 is 0 Å². The van der Waals surface area contributed by atoms with E-state index in [9.17, 15) is 27.2 Å². The van der Waals surface area contributed by atoms with Gasteiger partial charge in [0.1, 0.15) is 22.7 Å². The van der Waals surface area contributed by atoms with Crippen molar-refractivity contribution in [1.82, 2.24) is 19.9 Å². The van der Waals surface area contributed by atoms with Crippen molar-refractivity contribution in [3.63, 3.8) is 0 Å². The van der Waals surface area contributed by atoms with E-state index in [4.69, 9.17) is 30.4 Å². The quantitative estimate of drug-likeness (QED) is 0.102. The second-order valence-corrected chi connectivity index (χ2v) is 16.0. The Kier molecular flexibility index (Phi) is 15.2. The Balaban J connectivity index is 0.000000196. The molecule has 0 spiro atoms. The molecule has 6 heterocycles. The molecule has 0 bridgehead atoms. The zero-order chi connectivity index (χ0) is 46.8. The van der Waals surface area contributed by atoms with E-state index in [1.165, 1.54) is 24.8 Å². The fourth-order valence-corrected chi connectivity index (χ4v) is 7.83. The third-order valence-electron chi connectivity index (χ3n) is 10.9. The van der Waals surface area contributed by atoms with Crippen LogP contribution in [0.15, 0.2) is 73.6 Å². The summed E-state index contributed by atoms with van der Waals surface area (Å²) in [4.78, 5) is 46.6. The first-order valence-corrected chi connectivity index (χ1v) is 20.9. The number of carbonyl (C=O) groups is 2. The maximum absolute atomic E-state index is 13.1. The van der Waals surface area contributed by atoms with Crippen LogP contribution in [0.5, 0.6) is 11.5 Å². The van der Waals surface area contributed by atoms with Gasteiger partial charge in [0.25, 0.3) is 11.8 Å². The molecule has 18 nitrogen and oxygen atoms in total. The highest BCUT2D eigenvalue weighted by molar-refractivity contribution is 6.25. The largest absolute Gasteiger partial charge is 0.484 e. The van der Waals surface area contributed by atoms with Gasteiger partial charge in [-0.2, -0.15) is 17.6 Å². The van der Waals surface area contributed by atoms with Crippen molar-refractivity contribution in [2.24, 2.45) is 11.5 Å². The number of nitrogens with zero attached hydrogens (tertiary/aromatic N) is 6. The van der Waals surface area contributed by atoms with Crippen LogP contribution in [0.25, 0.3) is 11.1 Å². The number of ether oxygens (including phenoxy) is 6. The lowest BCUT2D eigenvalue weighted by atomic mass is 9.99. The van der Waals surface area contributed by atoms with Gasteiger partial charge in [-0.1, -0.05) is 0 Å². The molecule has 2 aromatic heterocycles. The van der Waals surface area contributed by atoms with Gasteiger partial charge in [-0.05, 0) is 38.1 Å². The Bertz CT molecular complexity index is 2230. The second kappa shape index (κ2) is 21.1. The predicted octanol–water partition coefficient (Wildman–Crippen LogP) is 4.37. The summed E-state index contributed by atoms with van der Waals surface area (Å²) in [6.45, 7) is 1.77. The van der Waals surface area contributed by atoms with Crippen LogP contribution in [-0.4, -0.2) is 122 Å². The van der Waals surface area contributed by atoms with Crippen LogP contribution in [0.2, 0.25) is 0 Å². The molecule has 0 unspecified atom stereocenters. The Labute approximate surface area is 377 Å². The van der Waals surface area contributed by atoms with Gasteiger partial charge < -0.3 is 60.3 Å². The number of fused-ring (bicyclic) bond motifs is 2. The predicted molar refractivity (Wildman–Crippen MR) is 234 cm³/mol. The van der Waals surface area contributed by atoms with E-state index < -0.39 is 36.2 Å². The highest BCUT2D eigenvalue weighted by Gasteiger charge is 2.39. The molecule has 2 amide bonds. The minimum Gasteiger partial charge on any atom is -0.484 e. The lowest BCUT2D eigenvalue weighted by molar-refractivity contribution is -0.158. The zero-order valence-electron chi connectivity index (χ0n) is 36.2. The molecule has 4 aliphatic heterocycles. The van der Waals surface area contributed by atoms with Crippen LogP contribution in [0.1, 0.15) is 36.6 Å². The summed E-state index contributed by atoms with van der Waals surface area (Å²) in [6.07, 6.45) is 9.11. The SMILES string of the molecule is C[C@@]1(COC(F)F)Cc2cc(NC(=O)C(=CN)c3ncccn3)c(N3CCOCC3)cc2O1.C[C@]1(COC(F)F)Cc2cc(NC(=O)C(=CN)c3ncccn3)c(N3CCOCC3)cc2O1. The number of nitrogens with one attached hydrogen (secondary N) is 2. The van der Waals surface area contributed by atoms with E-state index in [0.717, 1.165) is 34.9 Å². The number of benzene rings is 2. The van der Waals surface area contributed by atoms with Gasteiger partial charge in [-0.3, -0.25) is 9.59 Å². The molecule has 66 heavy (non-hydrogen) atoms. The summed E-state index contributed by atoms with van der Waals surface area (Å²) in [5, 5.41) is 5.82. The normalized spacial score (nSPS) is 20.5. The van der Waals surface area contributed by atoms with Gasteiger partial charge in [-0.25, -0.2) is 19.9 Å². The fourth-order valence-electron chi connectivity index (χ4n) is 7.83. The summed E-state index contributed by atoms with van der Waals surface area (Å²) in [5.74, 6) is 0.590. The highest BCUT2D eigenvalue weighted by Crippen LogP contribution is 2.44. The topological polar surface area (TPSA) is 224 Å². The number of alkyl halides is 4. The average Bonchev–Trinajstić information content (AvgIpc) is 3.83. The molecule has 2 atom stereocenters. The van der Waals surface area contributed by atoms with Crippen molar-refractivity contribution in [1.29, 1.82) is 0 Å². The summed E-state index contributed by atoms with van der Waals surface area (Å²) < 4.78 is 82.2.